The van der Waals surface area contributed by atoms with Crippen LogP contribution < -0.4 is 0 Å². The number of halogens is 18. The van der Waals surface area contributed by atoms with Gasteiger partial charge in [0, 0.05) is 0 Å². The fourth-order valence-corrected chi connectivity index (χ4v) is 3.59. The molecule has 2 rings (SSSR count). The van der Waals surface area contributed by atoms with Crippen molar-refractivity contribution in [2.24, 2.45) is 0 Å². The molecular weight excluding hydrogens is 722 g/mol. The van der Waals surface area contributed by atoms with E-state index in [4.69, 9.17) is 20.4 Å². The first kappa shape index (κ1) is 40.1. The maximum absolute atomic E-state index is 13.8. The van der Waals surface area contributed by atoms with E-state index in [1.54, 1.807) is 0 Å². The summed E-state index contributed by atoms with van der Waals surface area (Å²) in [6.45, 7) is 0. The Morgan fingerprint density at radius 1 is 0.319 bits per heavy atom. The van der Waals surface area contributed by atoms with Crippen LogP contribution in [0.1, 0.15) is 69.2 Å². The van der Waals surface area contributed by atoms with Gasteiger partial charge in [0.15, 0.2) is 17.5 Å². The van der Waals surface area contributed by atoms with Gasteiger partial charge in [0.2, 0.25) is 0 Å². The first-order valence-corrected chi connectivity index (χ1v) is 10.4. The molecule has 0 radical (unpaired) electrons. The number of benzene rings is 2. The topological polar surface area (TPSA) is 149 Å². The fraction of sp³-hybridized carbons (Fsp3) is 0.238. The summed E-state index contributed by atoms with van der Waals surface area (Å²) in [4.78, 5) is 42.7. The lowest BCUT2D eigenvalue weighted by Gasteiger charge is -2.24. The van der Waals surface area contributed by atoms with E-state index >= 15 is 0 Å². The smallest absolute Gasteiger partial charge is 0.420 e. The Kier molecular flexibility index (Phi) is 10.5. The molecule has 26 heteroatoms. The highest BCUT2D eigenvalue weighted by molar-refractivity contribution is 6.04. The Morgan fingerprint density at radius 3 is 0.723 bits per heavy atom. The Labute approximate surface area is 242 Å². The van der Waals surface area contributed by atoms with E-state index in [1.807, 2.05) is 0 Å². The highest BCUT2D eigenvalue weighted by atomic mass is 19.4. The van der Waals surface area contributed by atoms with Gasteiger partial charge in [0.1, 0.15) is 33.4 Å². The van der Waals surface area contributed by atoms with Crippen LogP contribution in [-0.2, 0) is 30.9 Å². The molecule has 0 aliphatic rings. The van der Waals surface area contributed by atoms with E-state index in [-0.39, 0.29) is 0 Å². The molecule has 8 nitrogen and oxygen atoms in total. The van der Waals surface area contributed by atoms with Crippen LogP contribution in [0.4, 0.5) is 79.0 Å². The van der Waals surface area contributed by atoms with Gasteiger partial charge < -0.3 is 20.4 Å². The molecule has 0 unspecified atom stereocenters. The van der Waals surface area contributed by atoms with E-state index < -0.39 is 122 Å². The third-order valence-corrected chi connectivity index (χ3v) is 5.09. The van der Waals surface area contributed by atoms with E-state index in [9.17, 15) is 98.2 Å². The summed E-state index contributed by atoms with van der Waals surface area (Å²) in [6.07, 6.45) is -31.2. The third-order valence-electron chi connectivity index (χ3n) is 5.09. The van der Waals surface area contributed by atoms with Crippen molar-refractivity contribution in [1.82, 2.24) is 0 Å². The molecule has 0 spiro atoms. The molecule has 0 aliphatic heterocycles. The van der Waals surface area contributed by atoms with Gasteiger partial charge in [-0.25, -0.2) is 32.3 Å². The number of alkyl halides is 15. The molecule has 0 bridgehead atoms. The molecule has 0 amide bonds. The van der Waals surface area contributed by atoms with Gasteiger partial charge in [0.25, 0.3) is 0 Å². The first-order chi connectivity index (χ1) is 20.6. The summed E-state index contributed by atoms with van der Waals surface area (Å²) in [6, 6.07) is 0. The predicted molar refractivity (Wildman–Crippen MR) is 106 cm³/mol. The van der Waals surface area contributed by atoms with Gasteiger partial charge in [0.05, 0.1) is 16.7 Å². The monoisotopic (exact) mass is 726 g/mol. The van der Waals surface area contributed by atoms with Crippen molar-refractivity contribution in [3.63, 3.8) is 0 Å². The van der Waals surface area contributed by atoms with E-state index in [0.717, 1.165) is 0 Å². The molecule has 2 aromatic carbocycles. The summed E-state index contributed by atoms with van der Waals surface area (Å²) in [5.74, 6) is -21.0. The predicted octanol–water partition coefficient (Wildman–Crippen LogP) is 7.68. The second kappa shape index (κ2) is 12.3. The van der Waals surface area contributed by atoms with Crippen LogP contribution in [-0.4, -0.2) is 44.3 Å². The first-order valence-electron chi connectivity index (χ1n) is 10.4. The van der Waals surface area contributed by atoms with Crippen LogP contribution in [0.3, 0.4) is 0 Å². The van der Waals surface area contributed by atoms with E-state index in [2.05, 4.69) is 0 Å². The highest BCUT2D eigenvalue weighted by Crippen LogP contribution is 2.50. The summed E-state index contributed by atoms with van der Waals surface area (Å²) in [7, 11) is 0. The van der Waals surface area contributed by atoms with Crippen molar-refractivity contribution in [3.05, 3.63) is 67.5 Å². The maximum Gasteiger partial charge on any atom is 0.420 e. The molecule has 0 aromatic heterocycles. The summed E-state index contributed by atoms with van der Waals surface area (Å²) in [5.41, 5.74) is -27.4. The lowest BCUT2D eigenvalue weighted by molar-refractivity contribution is -0.176. The van der Waals surface area contributed by atoms with Gasteiger partial charge in [-0.15, -0.1) is 0 Å². The van der Waals surface area contributed by atoms with Crippen molar-refractivity contribution in [3.8, 4) is 0 Å². The van der Waals surface area contributed by atoms with Crippen LogP contribution in [0.15, 0.2) is 0 Å². The zero-order chi connectivity index (χ0) is 37.7. The van der Waals surface area contributed by atoms with Crippen molar-refractivity contribution in [2.45, 2.75) is 30.9 Å². The Morgan fingerprint density at radius 2 is 0.532 bits per heavy atom. The number of aromatic carboxylic acids is 4. The standard InChI is InChI=1S/C11H2F10O4.C10H2F8O4/c12-6-2(8(24)25)1(7(22)23)3(9(13,14)15)4(10(16,17)18)5(6)11(19,20)21;11-5-1(7(19)20)3(9(13,14)15)6(12)2(8(21)22)4(5)10(16,17)18/h(H,22,23)(H,24,25);(H,19,20)(H,21,22). The summed E-state index contributed by atoms with van der Waals surface area (Å²) < 4.78 is 232. The van der Waals surface area contributed by atoms with Crippen molar-refractivity contribution in [1.29, 1.82) is 0 Å². The minimum Gasteiger partial charge on any atom is -0.478 e. The number of carbonyl (C=O) groups is 4. The molecule has 0 saturated carbocycles. The number of rotatable bonds is 4. The van der Waals surface area contributed by atoms with Gasteiger partial charge in [-0.05, 0) is 0 Å². The average molecular weight is 726 g/mol. The number of hydrogen-bond donors (Lipinski definition) is 4. The third kappa shape index (κ3) is 7.90. The molecule has 2 aromatic rings. The fourth-order valence-electron chi connectivity index (χ4n) is 3.59. The van der Waals surface area contributed by atoms with Gasteiger partial charge in [-0.2, -0.15) is 65.9 Å². The molecular formula is C21H4F18O8. The van der Waals surface area contributed by atoms with Gasteiger partial charge in [-0.1, -0.05) is 0 Å². The van der Waals surface area contributed by atoms with Crippen molar-refractivity contribution in [2.75, 3.05) is 0 Å². The zero-order valence-electron chi connectivity index (χ0n) is 20.7. The quantitative estimate of drug-likeness (QED) is 0.235. The largest absolute Gasteiger partial charge is 0.478 e. The Hall–Kier alpha value is -4.94. The van der Waals surface area contributed by atoms with Crippen LogP contribution in [0.5, 0.6) is 0 Å². The van der Waals surface area contributed by atoms with Crippen LogP contribution in [0.25, 0.3) is 0 Å². The average Bonchev–Trinajstić information content (AvgIpc) is 2.79. The lowest BCUT2D eigenvalue weighted by atomic mass is 9.89. The number of carboxylic acid groups (broad SMARTS) is 4. The molecule has 0 heterocycles. The maximum atomic E-state index is 13.8. The van der Waals surface area contributed by atoms with Crippen molar-refractivity contribution < 1.29 is 119 Å². The molecule has 4 N–H and O–H groups in total. The minimum atomic E-state index is -6.50. The van der Waals surface area contributed by atoms with Crippen LogP contribution in [0.2, 0.25) is 0 Å². The van der Waals surface area contributed by atoms with Gasteiger partial charge in [-0.3, -0.25) is 0 Å². The molecule has 0 saturated heterocycles. The Bertz CT molecular complexity index is 1580. The molecule has 0 atom stereocenters. The van der Waals surface area contributed by atoms with Gasteiger partial charge >= 0.3 is 54.8 Å². The second-order valence-corrected chi connectivity index (χ2v) is 8.03. The SMILES string of the molecule is O=C(O)c1c(F)c(C(F)(F)F)c(C(=O)O)c(F)c1C(F)(F)F.O=C(O)c1c(F)c(C(F)(F)F)c(C(F)(F)F)c(C(F)(F)F)c1C(=O)O. The normalized spacial score (nSPS) is 12.7. The summed E-state index contributed by atoms with van der Waals surface area (Å²) in [5, 5.41) is 34.0. The van der Waals surface area contributed by atoms with Crippen LogP contribution >= 0.6 is 0 Å². The molecule has 262 valence electrons. The minimum absolute atomic E-state index is 2.65. The molecule has 0 aliphatic carbocycles. The highest BCUT2D eigenvalue weighted by Gasteiger charge is 2.56. The Balaban J connectivity index is 0.000000474. The number of carboxylic acids is 4. The second-order valence-electron chi connectivity index (χ2n) is 8.03. The van der Waals surface area contributed by atoms with E-state index in [0.29, 0.717) is 0 Å². The molecule has 47 heavy (non-hydrogen) atoms. The summed E-state index contributed by atoms with van der Waals surface area (Å²) >= 11 is 0. The lowest BCUT2D eigenvalue weighted by Crippen LogP contribution is -2.30. The van der Waals surface area contributed by atoms with E-state index in [1.165, 1.54) is 0 Å². The van der Waals surface area contributed by atoms with Crippen LogP contribution in [0, 0.1) is 17.5 Å². The van der Waals surface area contributed by atoms with Crippen molar-refractivity contribution >= 4 is 23.9 Å². The molecule has 0 fully saturated rings. The number of hydrogen-bond acceptors (Lipinski definition) is 4. The zero-order valence-corrected chi connectivity index (χ0v) is 20.7.